The summed E-state index contributed by atoms with van der Waals surface area (Å²) in [5.41, 5.74) is 1.94. The molecule has 0 aliphatic carbocycles. The van der Waals surface area contributed by atoms with Gasteiger partial charge < -0.3 is 9.94 Å². The normalized spacial score (nSPS) is 12.0. The topological polar surface area (TPSA) is 41.5 Å². The van der Waals surface area contributed by atoms with Crippen LogP contribution in [0.5, 0.6) is 0 Å². The van der Waals surface area contributed by atoms with Crippen LogP contribution in [0.4, 0.5) is 0 Å². The molecule has 0 aromatic carbocycles. The summed E-state index contributed by atoms with van der Waals surface area (Å²) >= 11 is 0. The number of aliphatic hydroxyl groups is 1. The maximum Gasteiger partial charge on any atom is 0.0738 e. The molecule has 0 spiro atoms. The Morgan fingerprint density at radius 1 is 1.56 bits per heavy atom. The van der Waals surface area contributed by atoms with Crippen molar-refractivity contribution >= 4 is 0 Å². The van der Waals surface area contributed by atoms with Gasteiger partial charge in [-0.25, -0.2) is 0 Å². The Balaban J connectivity index is 3.07. The Bertz CT molecular complexity index is 67.9. The van der Waals surface area contributed by atoms with E-state index in [0.29, 0.717) is 13.2 Å². The maximum absolute atomic E-state index is 9.10. The third-order valence-electron chi connectivity index (χ3n) is 0.751. The highest BCUT2D eigenvalue weighted by molar-refractivity contribution is 4.64. The predicted molar refractivity (Wildman–Crippen MR) is 35.9 cm³/mol. The van der Waals surface area contributed by atoms with Gasteiger partial charge in [0.25, 0.3) is 0 Å². The molecule has 0 aromatic heterocycles. The fraction of sp³-hybridized carbons (Fsp3) is 1.00. The van der Waals surface area contributed by atoms with Gasteiger partial charge in [0.1, 0.15) is 0 Å². The van der Waals surface area contributed by atoms with Gasteiger partial charge in [-0.05, 0) is 20.8 Å². The molecule has 0 unspecified atom stereocenters. The molecular formula is C6H15NO2. The Hall–Kier alpha value is -0.120. The van der Waals surface area contributed by atoms with Crippen LogP contribution in [-0.4, -0.2) is 23.9 Å². The van der Waals surface area contributed by atoms with Crippen molar-refractivity contribution in [1.29, 1.82) is 0 Å². The van der Waals surface area contributed by atoms with Gasteiger partial charge in [0.05, 0.1) is 12.2 Å². The molecule has 0 radical (unpaired) electrons. The summed E-state index contributed by atoms with van der Waals surface area (Å²) in [6, 6.07) is 0. The van der Waals surface area contributed by atoms with Crippen molar-refractivity contribution in [2.75, 3.05) is 13.2 Å². The molecule has 0 aromatic rings. The second-order valence-corrected chi connectivity index (χ2v) is 2.57. The fourth-order valence-electron chi connectivity index (χ4n) is 0.330. The van der Waals surface area contributed by atoms with Crippen LogP contribution in [0.1, 0.15) is 20.8 Å². The Morgan fingerprint density at radius 2 is 2.11 bits per heavy atom. The first-order valence-electron chi connectivity index (χ1n) is 3.13. The number of hydrogen-bond acceptors (Lipinski definition) is 3. The van der Waals surface area contributed by atoms with E-state index in [2.05, 4.69) is 5.48 Å². The van der Waals surface area contributed by atoms with E-state index in [1.807, 2.05) is 6.92 Å². The highest BCUT2D eigenvalue weighted by atomic mass is 16.6. The van der Waals surface area contributed by atoms with Gasteiger partial charge in [0.2, 0.25) is 0 Å². The van der Waals surface area contributed by atoms with Gasteiger partial charge in [0.15, 0.2) is 0 Å². The summed E-state index contributed by atoms with van der Waals surface area (Å²) in [4.78, 5) is 4.80. The second-order valence-electron chi connectivity index (χ2n) is 2.57. The average Bonchev–Trinajstić information content (AvgIpc) is 1.63. The molecule has 9 heavy (non-hydrogen) atoms. The SMILES string of the molecule is CCONCC(C)(C)O. The lowest BCUT2D eigenvalue weighted by atomic mass is 10.1. The number of rotatable bonds is 4. The van der Waals surface area contributed by atoms with Gasteiger partial charge in [-0.15, -0.1) is 0 Å². The minimum absolute atomic E-state index is 0.459. The Kier molecular flexibility index (Phi) is 3.77. The molecule has 0 aliphatic rings. The maximum atomic E-state index is 9.10. The van der Waals surface area contributed by atoms with Crippen molar-refractivity contribution in [2.24, 2.45) is 0 Å². The van der Waals surface area contributed by atoms with E-state index in [0.717, 1.165) is 0 Å². The summed E-state index contributed by atoms with van der Waals surface area (Å²) in [7, 11) is 0. The molecule has 0 amide bonds. The van der Waals surface area contributed by atoms with Crippen molar-refractivity contribution in [1.82, 2.24) is 5.48 Å². The van der Waals surface area contributed by atoms with Gasteiger partial charge in [0, 0.05) is 6.54 Å². The molecule has 2 N–H and O–H groups in total. The van der Waals surface area contributed by atoms with Crippen molar-refractivity contribution < 1.29 is 9.94 Å². The highest BCUT2D eigenvalue weighted by Gasteiger charge is 2.10. The van der Waals surface area contributed by atoms with Crippen LogP contribution in [0.25, 0.3) is 0 Å². The van der Waals surface area contributed by atoms with Crippen molar-refractivity contribution in [3.05, 3.63) is 0 Å². The van der Waals surface area contributed by atoms with E-state index in [1.54, 1.807) is 13.8 Å². The van der Waals surface area contributed by atoms with Crippen LogP contribution >= 0.6 is 0 Å². The lowest BCUT2D eigenvalue weighted by Crippen LogP contribution is -2.34. The van der Waals surface area contributed by atoms with Gasteiger partial charge in [-0.1, -0.05) is 0 Å². The van der Waals surface area contributed by atoms with Gasteiger partial charge in [-0.2, -0.15) is 5.48 Å². The van der Waals surface area contributed by atoms with E-state index >= 15 is 0 Å². The molecule has 0 atom stereocenters. The van der Waals surface area contributed by atoms with Crippen LogP contribution in [-0.2, 0) is 4.84 Å². The fourth-order valence-corrected chi connectivity index (χ4v) is 0.330. The van der Waals surface area contributed by atoms with Crippen LogP contribution in [0, 0.1) is 0 Å². The molecule has 0 heterocycles. The molecular weight excluding hydrogens is 118 g/mol. The van der Waals surface area contributed by atoms with E-state index < -0.39 is 5.60 Å². The van der Waals surface area contributed by atoms with E-state index in [-0.39, 0.29) is 0 Å². The highest BCUT2D eigenvalue weighted by Crippen LogP contribution is 1.96. The standard InChI is InChI=1S/C6H15NO2/c1-4-9-7-5-6(2,3)8/h7-8H,4-5H2,1-3H3. The summed E-state index contributed by atoms with van der Waals surface area (Å²) in [6.07, 6.45) is 0. The third kappa shape index (κ3) is 7.88. The molecule has 0 saturated heterocycles. The van der Waals surface area contributed by atoms with Gasteiger partial charge >= 0.3 is 0 Å². The third-order valence-corrected chi connectivity index (χ3v) is 0.751. The summed E-state index contributed by atoms with van der Waals surface area (Å²) in [5.74, 6) is 0. The minimum atomic E-state index is -0.685. The second kappa shape index (κ2) is 3.82. The number of nitrogens with one attached hydrogen (secondary N) is 1. The van der Waals surface area contributed by atoms with Crippen LogP contribution in [0.3, 0.4) is 0 Å². The quantitative estimate of drug-likeness (QED) is 0.428. The monoisotopic (exact) mass is 133 g/mol. The first-order valence-corrected chi connectivity index (χ1v) is 3.13. The first-order chi connectivity index (χ1) is 4.06. The molecule has 3 nitrogen and oxygen atoms in total. The molecule has 0 fully saturated rings. The molecule has 0 rings (SSSR count). The van der Waals surface area contributed by atoms with Crippen molar-refractivity contribution in [3.63, 3.8) is 0 Å². The number of hydroxylamine groups is 1. The molecule has 0 saturated carbocycles. The molecule has 0 bridgehead atoms. The van der Waals surface area contributed by atoms with Crippen LogP contribution in [0.2, 0.25) is 0 Å². The van der Waals surface area contributed by atoms with Gasteiger partial charge in [-0.3, -0.25) is 0 Å². The van der Waals surface area contributed by atoms with Crippen molar-refractivity contribution in [3.8, 4) is 0 Å². The summed E-state index contributed by atoms with van der Waals surface area (Å²) in [6.45, 7) is 6.41. The van der Waals surface area contributed by atoms with Crippen molar-refractivity contribution in [2.45, 2.75) is 26.4 Å². The first kappa shape index (κ1) is 8.88. The smallest absolute Gasteiger partial charge is 0.0738 e. The minimum Gasteiger partial charge on any atom is -0.389 e. The largest absolute Gasteiger partial charge is 0.389 e. The zero-order valence-electron chi connectivity index (χ0n) is 6.27. The summed E-state index contributed by atoms with van der Waals surface area (Å²) < 4.78 is 0. The Labute approximate surface area is 56.0 Å². The zero-order chi connectivity index (χ0) is 7.33. The van der Waals surface area contributed by atoms with E-state index in [1.165, 1.54) is 0 Å². The zero-order valence-corrected chi connectivity index (χ0v) is 6.27. The average molecular weight is 133 g/mol. The molecule has 3 heteroatoms. The van der Waals surface area contributed by atoms with Crippen LogP contribution in [0.15, 0.2) is 0 Å². The number of hydrogen-bond donors (Lipinski definition) is 2. The molecule has 56 valence electrons. The summed E-state index contributed by atoms with van der Waals surface area (Å²) in [5, 5.41) is 9.10. The van der Waals surface area contributed by atoms with E-state index in [9.17, 15) is 0 Å². The lowest BCUT2D eigenvalue weighted by molar-refractivity contribution is -0.0100. The molecule has 0 aliphatic heterocycles. The predicted octanol–water partition coefficient (Wildman–Crippen LogP) is 0.298. The lowest BCUT2D eigenvalue weighted by Gasteiger charge is -2.16. The Morgan fingerprint density at radius 3 is 2.44 bits per heavy atom. The van der Waals surface area contributed by atoms with Crippen LogP contribution < -0.4 is 5.48 Å². The van der Waals surface area contributed by atoms with E-state index in [4.69, 9.17) is 9.94 Å².